The maximum atomic E-state index is 14.6. The normalized spacial score (nSPS) is 17.1. The lowest BCUT2D eigenvalue weighted by Gasteiger charge is -2.14. The Bertz CT molecular complexity index is 1380. The number of nitrogens with one attached hydrogen (secondary N) is 3. The molecule has 1 aromatic heterocycles. The topological polar surface area (TPSA) is 133 Å². The smallest absolute Gasteiger partial charge is 0.287 e. The third kappa shape index (κ3) is 6.41. The highest BCUT2D eigenvalue weighted by atomic mass is 35.5. The van der Waals surface area contributed by atoms with E-state index in [4.69, 9.17) is 21.4 Å². The minimum atomic E-state index is -0.734. The fraction of sp³-hybridized carbons (Fsp3) is 0.360. The molecule has 12 heteroatoms. The molecule has 2 amide bonds. The third-order valence-electron chi connectivity index (χ3n) is 6.25. The molecule has 0 saturated heterocycles. The van der Waals surface area contributed by atoms with Gasteiger partial charge in [-0.25, -0.2) is 13.8 Å². The SMILES string of the molecule is O=C(CO)NC1CCC(CCOc2c(F)ccc3nc(C(=O)NCc4ccc(F)c(Cl)c4)[nH]c(=O)c23)C1. The number of carbonyl (C=O) groups excluding carboxylic acids is 2. The van der Waals surface area contributed by atoms with Crippen molar-refractivity contribution in [3.63, 3.8) is 0 Å². The summed E-state index contributed by atoms with van der Waals surface area (Å²) in [4.78, 5) is 43.2. The van der Waals surface area contributed by atoms with Crippen LogP contribution in [0.15, 0.2) is 35.1 Å². The van der Waals surface area contributed by atoms with E-state index < -0.39 is 35.6 Å². The molecular formula is C25H25ClF2N4O5. The molecule has 1 aliphatic carbocycles. The van der Waals surface area contributed by atoms with Gasteiger partial charge >= 0.3 is 0 Å². The Morgan fingerprint density at radius 3 is 2.73 bits per heavy atom. The number of aromatic nitrogens is 2. The molecule has 2 unspecified atom stereocenters. The van der Waals surface area contributed by atoms with E-state index in [0.29, 0.717) is 12.0 Å². The summed E-state index contributed by atoms with van der Waals surface area (Å²) in [5.74, 6) is -2.70. The zero-order valence-electron chi connectivity index (χ0n) is 19.7. The number of fused-ring (bicyclic) bond motifs is 1. The Labute approximate surface area is 215 Å². The first-order chi connectivity index (χ1) is 17.7. The second-order valence-electron chi connectivity index (χ2n) is 8.86. The van der Waals surface area contributed by atoms with E-state index in [2.05, 4.69) is 20.6 Å². The Balaban J connectivity index is 1.41. The highest BCUT2D eigenvalue weighted by Gasteiger charge is 2.26. The molecule has 0 aliphatic heterocycles. The highest BCUT2D eigenvalue weighted by Crippen LogP contribution is 2.30. The molecule has 1 fully saturated rings. The van der Waals surface area contributed by atoms with Crippen molar-refractivity contribution in [2.75, 3.05) is 13.2 Å². The van der Waals surface area contributed by atoms with Crippen LogP contribution in [0.4, 0.5) is 8.78 Å². The van der Waals surface area contributed by atoms with Crippen LogP contribution in [-0.2, 0) is 11.3 Å². The number of hydrogen-bond donors (Lipinski definition) is 4. The zero-order valence-corrected chi connectivity index (χ0v) is 20.4. The van der Waals surface area contributed by atoms with Gasteiger partial charge in [0.2, 0.25) is 5.91 Å². The van der Waals surface area contributed by atoms with Crippen LogP contribution in [-0.4, -0.2) is 46.1 Å². The van der Waals surface area contributed by atoms with Gasteiger partial charge in [-0.05, 0) is 61.4 Å². The van der Waals surface area contributed by atoms with Crippen molar-refractivity contribution < 1.29 is 28.2 Å². The van der Waals surface area contributed by atoms with E-state index in [1.807, 2.05) is 0 Å². The highest BCUT2D eigenvalue weighted by molar-refractivity contribution is 6.30. The van der Waals surface area contributed by atoms with E-state index >= 15 is 0 Å². The summed E-state index contributed by atoms with van der Waals surface area (Å²) in [5, 5.41) is 14.0. The number of aromatic amines is 1. The van der Waals surface area contributed by atoms with Crippen molar-refractivity contribution >= 4 is 34.3 Å². The van der Waals surface area contributed by atoms with Crippen molar-refractivity contribution in [2.24, 2.45) is 5.92 Å². The number of amides is 2. The number of hydrogen-bond acceptors (Lipinski definition) is 6. The standard InChI is InChI=1S/C25H25ClF2N4O5/c26-16-10-14(2-4-17(16)27)11-29-25(36)23-31-19-6-5-18(28)22(21(19)24(35)32-23)37-8-7-13-1-3-15(9-13)30-20(34)12-33/h2,4-6,10,13,15,33H,1,3,7-9,11-12H2,(H,29,36)(H,30,34)(H,31,32,35). The van der Waals surface area contributed by atoms with Crippen LogP contribution < -0.4 is 20.9 Å². The molecule has 0 spiro atoms. The first-order valence-electron chi connectivity index (χ1n) is 11.7. The van der Waals surface area contributed by atoms with Gasteiger partial charge in [0.25, 0.3) is 11.5 Å². The second-order valence-corrected chi connectivity index (χ2v) is 9.26. The number of benzene rings is 2. The van der Waals surface area contributed by atoms with Crippen LogP contribution in [0.1, 0.15) is 41.9 Å². The average molecular weight is 535 g/mol. The van der Waals surface area contributed by atoms with Gasteiger partial charge in [-0.15, -0.1) is 0 Å². The van der Waals surface area contributed by atoms with Gasteiger partial charge in [0.05, 0.1) is 17.1 Å². The first kappa shape index (κ1) is 26.5. The third-order valence-corrected chi connectivity index (χ3v) is 6.54. The van der Waals surface area contributed by atoms with Crippen LogP contribution in [0.5, 0.6) is 5.75 Å². The monoisotopic (exact) mass is 534 g/mol. The molecule has 3 aromatic rings. The molecule has 0 bridgehead atoms. The number of ether oxygens (including phenoxy) is 1. The summed E-state index contributed by atoms with van der Waals surface area (Å²) in [6, 6.07) is 6.39. The number of aliphatic hydroxyl groups is 1. The zero-order chi connectivity index (χ0) is 26.5. The van der Waals surface area contributed by atoms with Gasteiger partial charge in [0.1, 0.15) is 17.8 Å². The molecule has 2 atom stereocenters. The second kappa shape index (κ2) is 11.7. The minimum absolute atomic E-state index is 0.0179. The van der Waals surface area contributed by atoms with Crippen molar-refractivity contribution in [1.29, 1.82) is 0 Å². The number of H-pyrrole nitrogens is 1. The number of carbonyl (C=O) groups is 2. The van der Waals surface area contributed by atoms with Crippen molar-refractivity contribution in [1.82, 2.24) is 20.6 Å². The molecule has 4 N–H and O–H groups in total. The summed E-state index contributed by atoms with van der Waals surface area (Å²) in [6.07, 6.45) is 2.93. The minimum Gasteiger partial charge on any atom is -0.490 e. The molecule has 9 nitrogen and oxygen atoms in total. The quantitative estimate of drug-likeness (QED) is 0.334. The van der Waals surface area contributed by atoms with Gasteiger partial charge in [-0.1, -0.05) is 17.7 Å². The molecule has 1 saturated carbocycles. The van der Waals surface area contributed by atoms with Gasteiger partial charge in [-0.3, -0.25) is 14.4 Å². The molecule has 0 radical (unpaired) electrons. The summed E-state index contributed by atoms with van der Waals surface area (Å²) >= 11 is 5.75. The van der Waals surface area contributed by atoms with Crippen LogP contribution in [0, 0.1) is 17.6 Å². The van der Waals surface area contributed by atoms with Crippen molar-refractivity contribution in [3.8, 4) is 5.75 Å². The maximum Gasteiger partial charge on any atom is 0.287 e. The molecule has 1 heterocycles. The van der Waals surface area contributed by atoms with E-state index in [0.717, 1.165) is 25.3 Å². The summed E-state index contributed by atoms with van der Waals surface area (Å²) in [5.41, 5.74) is -0.102. The van der Waals surface area contributed by atoms with Crippen LogP contribution >= 0.6 is 11.6 Å². The number of halogens is 3. The number of aliphatic hydroxyl groups excluding tert-OH is 1. The predicted octanol–water partition coefficient (Wildman–Crippen LogP) is 2.83. The Morgan fingerprint density at radius 2 is 1.97 bits per heavy atom. The first-order valence-corrected chi connectivity index (χ1v) is 12.1. The number of nitrogens with zero attached hydrogens (tertiary/aromatic N) is 1. The molecule has 37 heavy (non-hydrogen) atoms. The molecule has 196 valence electrons. The molecular weight excluding hydrogens is 510 g/mol. The van der Waals surface area contributed by atoms with Gasteiger partial charge in [-0.2, -0.15) is 0 Å². The lowest BCUT2D eigenvalue weighted by Crippen LogP contribution is -2.34. The summed E-state index contributed by atoms with van der Waals surface area (Å²) < 4.78 is 33.5. The Kier molecular flexibility index (Phi) is 8.34. The van der Waals surface area contributed by atoms with Gasteiger partial charge < -0.3 is 25.5 Å². The largest absolute Gasteiger partial charge is 0.490 e. The van der Waals surface area contributed by atoms with E-state index in [-0.39, 0.29) is 52.6 Å². The van der Waals surface area contributed by atoms with E-state index in [1.165, 1.54) is 24.3 Å². The van der Waals surface area contributed by atoms with Crippen molar-refractivity contribution in [2.45, 2.75) is 38.3 Å². The summed E-state index contributed by atoms with van der Waals surface area (Å²) in [7, 11) is 0. The lowest BCUT2D eigenvalue weighted by atomic mass is 10.0. The van der Waals surface area contributed by atoms with Gasteiger partial charge in [0, 0.05) is 12.6 Å². The van der Waals surface area contributed by atoms with Crippen molar-refractivity contribution in [3.05, 3.63) is 68.7 Å². The predicted molar refractivity (Wildman–Crippen MR) is 131 cm³/mol. The molecule has 4 rings (SSSR count). The van der Waals surface area contributed by atoms with Crippen LogP contribution in [0.25, 0.3) is 10.9 Å². The summed E-state index contributed by atoms with van der Waals surface area (Å²) in [6.45, 7) is -0.396. The van der Waals surface area contributed by atoms with E-state index in [9.17, 15) is 23.2 Å². The van der Waals surface area contributed by atoms with E-state index in [1.54, 1.807) is 0 Å². The Hall–Kier alpha value is -3.57. The maximum absolute atomic E-state index is 14.6. The fourth-order valence-electron chi connectivity index (χ4n) is 4.41. The van der Waals surface area contributed by atoms with Crippen LogP contribution in [0.3, 0.4) is 0 Å². The number of rotatable bonds is 9. The lowest BCUT2D eigenvalue weighted by molar-refractivity contribution is -0.124. The average Bonchev–Trinajstić information content (AvgIpc) is 3.32. The van der Waals surface area contributed by atoms with Gasteiger partial charge in [0.15, 0.2) is 17.4 Å². The molecule has 2 aromatic carbocycles. The van der Waals surface area contributed by atoms with Crippen LogP contribution in [0.2, 0.25) is 5.02 Å². The Morgan fingerprint density at radius 1 is 1.19 bits per heavy atom. The molecule has 1 aliphatic rings. The fourth-order valence-corrected chi connectivity index (χ4v) is 4.61.